The van der Waals surface area contributed by atoms with Gasteiger partial charge in [0.2, 0.25) is 0 Å². The van der Waals surface area contributed by atoms with Crippen LogP contribution in [0.1, 0.15) is 57.2 Å². The van der Waals surface area contributed by atoms with Crippen LogP contribution in [0.5, 0.6) is 5.75 Å². The van der Waals surface area contributed by atoms with E-state index in [9.17, 15) is 5.11 Å². The Hall–Kier alpha value is -5.06. The summed E-state index contributed by atoms with van der Waals surface area (Å²) in [5.74, 6) is 0.721. The minimum Gasteiger partial charge on any atom is -0.507 e. The van der Waals surface area contributed by atoms with E-state index in [2.05, 4.69) is 120 Å². The highest BCUT2D eigenvalue weighted by Gasteiger charge is 2.18. The highest BCUT2D eigenvalue weighted by atomic mass is 32.1. The van der Waals surface area contributed by atoms with Crippen LogP contribution in [-0.2, 0) is 5.41 Å². The molecule has 7 aromatic rings. The quantitative estimate of drug-likeness (QED) is 0.186. The van der Waals surface area contributed by atoms with Crippen LogP contribution >= 0.6 is 11.3 Å². The molecule has 3 nitrogen and oxygen atoms in total. The van der Waals surface area contributed by atoms with Gasteiger partial charge < -0.3 is 5.11 Å². The zero-order valence-electron chi connectivity index (χ0n) is 27.5. The largest absolute Gasteiger partial charge is 0.507 e. The van der Waals surface area contributed by atoms with Gasteiger partial charge in [0.25, 0.3) is 0 Å². The number of para-hydroxylation sites is 2. The summed E-state index contributed by atoms with van der Waals surface area (Å²) in [5, 5.41) is 13.9. The molecule has 232 valence electrons. The fraction of sp³-hybridized carbons (Fsp3) is 0.163. The van der Waals surface area contributed by atoms with Crippen molar-refractivity contribution in [3.8, 4) is 38.6 Å². The molecule has 1 N–H and O–H groups in total. The zero-order valence-corrected chi connectivity index (χ0v) is 28.3. The molecule has 0 spiro atoms. The molecule has 4 heteroatoms. The summed E-state index contributed by atoms with van der Waals surface area (Å²) < 4.78 is 1.13. The van der Waals surface area contributed by atoms with Gasteiger partial charge in [-0.1, -0.05) is 126 Å². The Morgan fingerprint density at radius 2 is 1.38 bits per heavy atom. The first-order chi connectivity index (χ1) is 22.7. The molecule has 0 saturated heterocycles. The molecule has 1 aromatic heterocycles. The second-order valence-corrected chi connectivity index (χ2v) is 14.5. The standard InChI is InChI=1S/C43H38N2OS/c1-27(2)28-17-19-29(20-18-28)32-22-23-35(34-12-7-6-11-33(32)34)36-14-10-16-40-41(36)45-42(47-40)37-13-8-9-15-38(37)44-26-30-25-31(43(3,4)5)21-24-39(30)46/h6-27,46H,1-5H3. The summed E-state index contributed by atoms with van der Waals surface area (Å²) in [7, 11) is 0. The molecule has 47 heavy (non-hydrogen) atoms. The van der Waals surface area contributed by atoms with E-state index in [4.69, 9.17) is 9.98 Å². The lowest BCUT2D eigenvalue weighted by Gasteiger charge is -2.19. The number of phenolic OH excluding ortho intramolecular Hbond substituents is 1. The van der Waals surface area contributed by atoms with Crippen LogP contribution in [0.25, 0.3) is 53.8 Å². The molecule has 0 aliphatic heterocycles. The highest BCUT2D eigenvalue weighted by Crippen LogP contribution is 2.42. The summed E-state index contributed by atoms with van der Waals surface area (Å²) in [6, 6.07) is 42.4. The third-order valence-electron chi connectivity index (χ3n) is 8.89. The number of phenols is 1. The lowest BCUT2D eigenvalue weighted by molar-refractivity contribution is 0.473. The van der Waals surface area contributed by atoms with Gasteiger partial charge in [0.05, 0.1) is 15.9 Å². The number of aromatic nitrogens is 1. The van der Waals surface area contributed by atoms with Gasteiger partial charge in [-0.15, -0.1) is 11.3 Å². The van der Waals surface area contributed by atoms with Crippen molar-refractivity contribution in [3.05, 3.63) is 138 Å². The fourth-order valence-electron chi connectivity index (χ4n) is 6.14. The molecule has 0 saturated carbocycles. The minimum atomic E-state index is -0.0301. The molecule has 0 bridgehead atoms. The number of aromatic hydroxyl groups is 1. The molecule has 7 rings (SSSR count). The molecule has 0 fully saturated rings. The lowest BCUT2D eigenvalue weighted by atomic mass is 9.86. The maximum absolute atomic E-state index is 10.6. The first kappa shape index (κ1) is 30.6. The predicted octanol–water partition coefficient (Wildman–Crippen LogP) is 12.3. The van der Waals surface area contributed by atoms with Gasteiger partial charge in [-0.05, 0) is 80.3 Å². The van der Waals surface area contributed by atoms with Crippen LogP contribution in [0, 0.1) is 0 Å². The number of benzene rings is 6. The normalized spacial score (nSPS) is 12.1. The fourth-order valence-corrected chi connectivity index (χ4v) is 7.17. The number of nitrogens with zero attached hydrogens (tertiary/aromatic N) is 2. The second kappa shape index (κ2) is 12.3. The maximum atomic E-state index is 10.6. The molecule has 6 aromatic carbocycles. The van der Waals surface area contributed by atoms with Gasteiger partial charge >= 0.3 is 0 Å². The van der Waals surface area contributed by atoms with E-state index >= 15 is 0 Å². The van der Waals surface area contributed by atoms with Crippen LogP contribution in [-0.4, -0.2) is 16.3 Å². The van der Waals surface area contributed by atoms with E-state index in [1.807, 2.05) is 30.3 Å². The summed E-state index contributed by atoms with van der Waals surface area (Å²) in [5.41, 5.74) is 10.7. The van der Waals surface area contributed by atoms with Gasteiger partial charge in [0, 0.05) is 22.9 Å². The molecule has 0 atom stereocenters. The lowest BCUT2D eigenvalue weighted by Crippen LogP contribution is -2.11. The molecule has 0 aliphatic rings. The van der Waals surface area contributed by atoms with Crippen molar-refractivity contribution in [2.24, 2.45) is 4.99 Å². The first-order valence-corrected chi connectivity index (χ1v) is 17.0. The SMILES string of the molecule is CC(C)c1ccc(-c2ccc(-c3cccc4sc(-c5ccccc5N=Cc5cc(C(C)(C)C)ccc5O)nc34)c3ccccc23)cc1. The van der Waals surface area contributed by atoms with Crippen LogP contribution in [0.15, 0.2) is 126 Å². The Labute approximate surface area is 280 Å². The Kier molecular flexibility index (Phi) is 7.99. The van der Waals surface area contributed by atoms with Crippen molar-refractivity contribution in [1.82, 2.24) is 4.98 Å². The molecular formula is C43H38N2OS. The van der Waals surface area contributed by atoms with Crippen LogP contribution in [0.4, 0.5) is 5.69 Å². The van der Waals surface area contributed by atoms with Crippen LogP contribution in [0.3, 0.4) is 0 Å². The van der Waals surface area contributed by atoms with Crippen LogP contribution in [0.2, 0.25) is 0 Å². The second-order valence-electron chi connectivity index (χ2n) is 13.5. The Bertz CT molecular complexity index is 2270. The van der Waals surface area contributed by atoms with Crippen LogP contribution < -0.4 is 0 Å². The van der Waals surface area contributed by atoms with E-state index in [0.717, 1.165) is 37.6 Å². The monoisotopic (exact) mass is 630 g/mol. The van der Waals surface area contributed by atoms with Crippen molar-refractivity contribution in [1.29, 1.82) is 0 Å². The third kappa shape index (κ3) is 5.97. The Morgan fingerprint density at radius 3 is 2.13 bits per heavy atom. The van der Waals surface area contributed by atoms with E-state index < -0.39 is 0 Å². The number of thiazole rings is 1. The van der Waals surface area contributed by atoms with Crippen molar-refractivity contribution in [2.45, 2.75) is 46.0 Å². The minimum absolute atomic E-state index is 0.0301. The molecule has 0 radical (unpaired) electrons. The van der Waals surface area contributed by atoms with Crippen molar-refractivity contribution in [3.63, 3.8) is 0 Å². The summed E-state index contributed by atoms with van der Waals surface area (Å²) in [6.07, 6.45) is 1.76. The maximum Gasteiger partial charge on any atom is 0.126 e. The van der Waals surface area contributed by atoms with Gasteiger partial charge in [-0.25, -0.2) is 4.98 Å². The zero-order chi connectivity index (χ0) is 32.7. The molecule has 0 amide bonds. The predicted molar refractivity (Wildman–Crippen MR) is 202 cm³/mol. The first-order valence-electron chi connectivity index (χ1n) is 16.2. The topological polar surface area (TPSA) is 45.5 Å². The highest BCUT2D eigenvalue weighted by molar-refractivity contribution is 7.21. The third-order valence-corrected chi connectivity index (χ3v) is 9.95. The number of hydrogen-bond acceptors (Lipinski definition) is 4. The number of aliphatic imine (C=N–C) groups is 1. The average molecular weight is 631 g/mol. The smallest absolute Gasteiger partial charge is 0.126 e. The van der Waals surface area contributed by atoms with Gasteiger partial charge in [0.15, 0.2) is 0 Å². The molecular weight excluding hydrogens is 593 g/mol. The van der Waals surface area contributed by atoms with E-state index in [0.29, 0.717) is 11.5 Å². The summed E-state index contributed by atoms with van der Waals surface area (Å²) in [4.78, 5) is 10.1. The van der Waals surface area contributed by atoms with E-state index in [-0.39, 0.29) is 11.2 Å². The number of rotatable bonds is 6. The van der Waals surface area contributed by atoms with Crippen molar-refractivity contribution in [2.75, 3.05) is 0 Å². The Balaban J connectivity index is 1.30. The van der Waals surface area contributed by atoms with E-state index in [1.165, 1.54) is 33.0 Å². The molecule has 1 heterocycles. The van der Waals surface area contributed by atoms with Gasteiger partial charge in [-0.2, -0.15) is 0 Å². The Morgan fingerprint density at radius 1 is 0.702 bits per heavy atom. The summed E-state index contributed by atoms with van der Waals surface area (Å²) in [6.45, 7) is 11.0. The van der Waals surface area contributed by atoms with Gasteiger partial charge in [0.1, 0.15) is 10.8 Å². The van der Waals surface area contributed by atoms with E-state index in [1.54, 1.807) is 23.6 Å². The number of hydrogen-bond donors (Lipinski definition) is 1. The molecule has 0 aliphatic carbocycles. The van der Waals surface area contributed by atoms with Crippen molar-refractivity contribution < 1.29 is 5.11 Å². The average Bonchev–Trinajstić information content (AvgIpc) is 3.52. The van der Waals surface area contributed by atoms with Crippen molar-refractivity contribution >= 4 is 44.2 Å². The van der Waals surface area contributed by atoms with Gasteiger partial charge in [-0.3, -0.25) is 4.99 Å². The molecule has 0 unspecified atom stereocenters. The summed E-state index contributed by atoms with van der Waals surface area (Å²) >= 11 is 1.68. The number of fused-ring (bicyclic) bond motifs is 2.